The van der Waals surface area contributed by atoms with Crippen molar-refractivity contribution in [1.29, 1.82) is 0 Å². The Morgan fingerprint density at radius 2 is 1.74 bits per heavy atom. The molecular formula is C26H27N7O2. The van der Waals surface area contributed by atoms with E-state index in [1.807, 2.05) is 41.3 Å². The third-order valence-corrected chi connectivity index (χ3v) is 7.53. The first-order valence-electron chi connectivity index (χ1n) is 12.0. The molecule has 9 nitrogen and oxygen atoms in total. The van der Waals surface area contributed by atoms with Crippen LogP contribution in [0.4, 0.5) is 0 Å². The fourth-order valence-corrected chi connectivity index (χ4v) is 5.49. The van der Waals surface area contributed by atoms with Crippen LogP contribution in [0.1, 0.15) is 52.4 Å². The van der Waals surface area contributed by atoms with Crippen LogP contribution >= 0.6 is 0 Å². The molecule has 1 aliphatic carbocycles. The van der Waals surface area contributed by atoms with E-state index in [-0.39, 0.29) is 23.3 Å². The van der Waals surface area contributed by atoms with Gasteiger partial charge in [0.2, 0.25) is 0 Å². The van der Waals surface area contributed by atoms with Gasteiger partial charge in [-0.1, -0.05) is 36.4 Å². The monoisotopic (exact) mass is 469 g/mol. The molecule has 1 saturated carbocycles. The van der Waals surface area contributed by atoms with Crippen molar-refractivity contribution in [3.05, 3.63) is 65.6 Å². The standard InChI is InChI=1S/C26H27N7O2/c1-16-22(31-32-28-16)24(34)27-19-9-11-26(12-10-19)14-33(15-26)25(35)23-20-8-7-18(13-21(20)29-30-23)17-5-3-2-4-6-17/h2-8,13,19H,9-12,14-15H2,1H3,(H,27,34)(H,29,30)(H,28,31,32). The molecule has 0 radical (unpaired) electrons. The lowest BCUT2D eigenvalue weighted by Crippen LogP contribution is -2.60. The summed E-state index contributed by atoms with van der Waals surface area (Å²) in [6.07, 6.45) is 3.78. The third kappa shape index (κ3) is 3.86. The Morgan fingerprint density at radius 3 is 2.46 bits per heavy atom. The minimum Gasteiger partial charge on any atom is -0.348 e. The van der Waals surface area contributed by atoms with Crippen LogP contribution in [-0.4, -0.2) is 61.5 Å². The topological polar surface area (TPSA) is 120 Å². The highest BCUT2D eigenvalue weighted by Crippen LogP contribution is 2.44. The van der Waals surface area contributed by atoms with Crippen molar-refractivity contribution in [3.63, 3.8) is 0 Å². The number of rotatable bonds is 4. The van der Waals surface area contributed by atoms with Gasteiger partial charge in [-0.15, -0.1) is 0 Å². The molecule has 4 aromatic rings. The molecule has 0 unspecified atom stereocenters. The fourth-order valence-electron chi connectivity index (χ4n) is 5.49. The number of aromatic nitrogens is 5. The molecule has 3 N–H and O–H groups in total. The number of hydrogen-bond donors (Lipinski definition) is 3. The highest BCUT2D eigenvalue weighted by molar-refractivity contribution is 6.05. The lowest BCUT2D eigenvalue weighted by atomic mass is 9.67. The lowest BCUT2D eigenvalue weighted by Gasteiger charge is -2.53. The number of benzene rings is 2. The Bertz CT molecular complexity index is 1390. The van der Waals surface area contributed by atoms with Crippen molar-refractivity contribution in [2.75, 3.05) is 13.1 Å². The largest absolute Gasteiger partial charge is 0.348 e. The average molecular weight is 470 g/mol. The Kier molecular flexibility index (Phi) is 5.12. The van der Waals surface area contributed by atoms with Crippen LogP contribution in [0, 0.1) is 12.3 Å². The summed E-state index contributed by atoms with van der Waals surface area (Å²) in [6.45, 7) is 3.25. The van der Waals surface area contributed by atoms with Gasteiger partial charge in [-0.3, -0.25) is 14.7 Å². The summed E-state index contributed by atoms with van der Waals surface area (Å²) in [5, 5.41) is 21.7. The molecule has 178 valence electrons. The van der Waals surface area contributed by atoms with E-state index < -0.39 is 0 Å². The van der Waals surface area contributed by atoms with Crippen LogP contribution < -0.4 is 5.32 Å². The summed E-state index contributed by atoms with van der Waals surface area (Å²) in [5.74, 6) is -0.199. The van der Waals surface area contributed by atoms with E-state index in [1.165, 1.54) is 0 Å². The van der Waals surface area contributed by atoms with Gasteiger partial charge in [-0.25, -0.2) is 0 Å². The zero-order valence-corrected chi connectivity index (χ0v) is 19.5. The molecule has 2 fully saturated rings. The van der Waals surface area contributed by atoms with Gasteiger partial charge in [0.25, 0.3) is 11.8 Å². The fraction of sp³-hybridized carbons (Fsp3) is 0.346. The SMILES string of the molecule is Cc1n[nH]nc1C(=O)NC1CCC2(CC1)CN(C(=O)c1n[nH]c3cc(-c4ccccc4)ccc13)C2. The summed E-state index contributed by atoms with van der Waals surface area (Å²) in [5.41, 5.74) is 4.67. The molecule has 2 aromatic carbocycles. The predicted molar refractivity (Wildman–Crippen MR) is 131 cm³/mol. The van der Waals surface area contributed by atoms with Gasteiger partial charge in [-0.05, 0) is 55.9 Å². The number of amides is 2. The number of carbonyl (C=O) groups is 2. The minimum atomic E-state index is -0.177. The van der Waals surface area contributed by atoms with Crippen LogP contribution in [0.3, 0.4) is 0 Å². The van der Waals surface area contributed by atoms with E-state index in [0.717, 1.165) is 60.8 Å². The van der Waals surface area contributed by atoms with Gasteiger partial charge >= 0.3 is 0 Å². The van der Waals surface area contributed by atoms with Gasteiger partial charge in [0.1, 0.15) is 0 Å². The number of nitrogens with one attached hydrogen (secondary N) is 3. The molecule has 3 heterocycles. The smallest absolute Gasteiger partial charge is 0.275 e. The molecule has 6 rings (SSSR count). The zero-order chi connectivity index (χ0) is 24.0. The van der Waals surface area contributed by atoms with Crippen LogP contribution in [-0.2, 0) is 0 Å². The molecule has 0 atom stereocenters. The summed E-state index contributed by atoms with van der Waals surface area (Å²) < 4.78 is 0. The Balaban J connectivity index is 1.07. The number of aryl methyl sites for hydroxylation is 1. The molecule has 1 aliphatic heterocycles. The van der Waals surface area contributed by atoms with Gasteiger partial charge in [0, 0.05) is 29.9 Å². The van der Waals surface area contributed by atoms with E-state index in [1.54, 1.807) is 6.92 Å². The number of H-pyrrole nitrogens is 2. The summed E-state index contributed by atoms with van der Waals surface area (Å²) >= 11 is 0. The van der Waals surface area contributed by atoms with E-state index >= 15 is 0 Å². The van der Waals surface area contributed by atoms with Crippen LogP contribution in [0.5, 0.6) is 0 Å². The van der Waals surface area contributed by atoms with Crippen molar-refractivity contribution < 1.29 is 9.59 Å². The highest BCUT2D eigenvalue weighted by Gasteiger charge is 2.47. The van der Waals surface area contributed by atoms with E-state index in [4.69, 9.17) is 0 Å². The molecule has 9 heteroatoms. The van der Waals surface area contributed by atoms with E-state index in [0.29, 0.717) is 17.1 Å². The maximum atomic E-state index is 13.2. The number of hydrogen-bond acceptors (Lipinski definition) is 5. The Labute approximate surface area is 202 Å². The Morgan fingerprint density at radius 1 is 0.971 bits per heavy atom. The van der Waals surface area contributed by atoms with Crippen LogP contribution in [0.25, 0.3) is 22.0 Å². The summed E-state index contributed by atoms with van der Waals surface area (Å²) in [6, 6.07) is 16.4. The maximum Gasteiger partial charge on any atom is 0.275 e. The zero-order valence-electron chi connectivity index (χ0n) is 19.5. The summed E-state index contributed by atoms with van der Waals surface area (Å²) in [4.78, 5) is 27.6. The van der Waals surface area contributed by atoms with Crippen molar-refractivity contribution >= 4 is 22.7 Å². The van der Waals surface area contributed by atoms with Crippen molar-refractivity contribution in [2.45, 2.75) is 38.6 Å². The first-order chi connectivity index (χ1) is 17.0. The second-order valence-electron chi connectivity index (χ2n) is 9.87. The Hall–Kier alpha value is -4.01. The normalized spacial score (nSPS) is 17.5. The number of carbonyl (C=O) groups excluding carboxylic acids is 2. The lowest BCUT2D eigenvalue weighted by molar-refractivity contribution is -0.0201. The van der Waals surface area contributed by atoms with Gasteiger partial charge < -0.3 is 10.2 Å². The average Bonchev–Trinajstić information content (AvgIpc) is 3.49. The minimum absolute atomic E-state index is 0.0220. The molecule has 0 bridgehead atoms. The molecule has 2 aliphatic rings. The van der Waals surface area contributed by atoms with Gasteiger partial charge in [0.15, 0.2) is 11.4 Å². The van der Waals surface area contributed by atoms with Gasteiger partial charge in [0.05, 0.1) is 11.2 Å². The predicted octanol–water partition coefficient (Wildman–Crippen LogP) is 3.47. The van der Waals surface area contributed by atoms with E-state index in [2.05, 4.69) is 43.1 Å². The molecule has 35 heavy (non-hydrogen) atoms. The first kappa shape index (κ1) is 21.5. The third-order valence-electron chi connectivity index (χ3n) is 7.53. The quantitative estimate of drug-likeness (QED) is 0.423. The van der Waals surface area contributed by atoms with Crippen molar-refractivity contribution in [2.24, 2.45) is 5.41 Å². The molecule has 1 spiro atoms. The number of fused-ring (bicyclic) bond motifs is 1. The number of nitrogens with zero attached hydrogens (tertiary/aromatic N) is 4. The summed E-state index contributed by atoms with van der Waals surface area (Å²) in [7, 11) is 0. The van der Waals surface area contributed by atoms with E-state index in [9.17, 15) is 9.59 Å². The van der Waals surface area contributed by atoms with Gasteiger partial charge in [-0.2, -0.15) is 20.5 Å². The van der Waals surface area contributed by atoms with Crippen molar-refractivity contribution in [3.8, 4) is 11.1 Å². The second kappa shape index (κ2) is 8.33. The molecule has 1 saturated heterocycles. The molecular weight excluding hydrogens is 442 g/mol. The van der Waals surface area contributed by atoms with Crippen LogP contribution in [0.2, 0.25) is 0 Å². The first-order valence-corrected chi connectivity index (χ1v) is 12.0. The maximum absolute atomic E-state index is 13.2. The van der Waals surface area contributed by atoms with Crippen molar-refractivity contribution in [1.82, 2.24) is 35.8 Å². The van der Waals surface area contributed by atoms with Crippen LogP contribution in [0.15, 0.2) is 48.5 Å². The number of likely N-dealkylation sites (tertiary alicyclic amines) is 1. The molecule has 2 amide bonds. The molecule has 2 aromatic heterocycles. The highest BCUT2D eigenvalue weighted by atomic mass is 16.2. The number of aromatic amines is 2. The second-order valence-corrected chi connectivity index (χ2v) is 9.87.